The van der Waals surface area contributed by atoms with Crippen molar-refractivity contribution in [2.75, 3.05) is 0 Å². The predicted molar refractivity (Wildman–Crippen MR) is 67.5 cm³/mol. The van der Waals surface area contributed by atoms with Crippen LogP contribution in [-0.4, -0.2) is 17.0 Å². The Morgan fingerprint density at radius 2 is 2.38 bits per heavy atom. The molecule has 0 amide bonds. The van der Waals surface area contributed by atoms with E-state index in [1.54, 1.807) is 11.3 Å². The van der Waals surface area contributed by atoms with Crippen LogP contribution in [0.15, 0.2) is 16.6 Å². The van der Waals surface area contributed by atoms with E-state index >= 15 is 0 Å². The zero-order valence-corrected chi connectivity index (χ0v) is 10.3. The number of hydrogen-bond donors (Lipinski definition) is 2. The number of aromatic nitrogens is 1. The summed E-state index contributed by atoms with van der Waals surface area (Å²) in [6, 6.07) is 0.571. The second-order valence-electron chi connectivity index (χ2n) is 4.19. The van der Waals surface area contributed by atoms with Crippen LogP contribution in [0.4, 0.5) is 0 Å². The van der Waals surface area contributed by atoms with Crippen molar-refractivity contribution >= 4 is 17.3 Å². The van der Waals surface area contributed by atoms with Crippen molar-refractivity contribution in [3.8, 4) is 0 Å². The Kier molecular flexibility index (Phi) is 3.77. The van der Waals surface area contributed by atoms with Gasteiger partial charge in [-0.05, 0) is 19.8 Å². The largest absolute Gasteiger partial charge is 0.370 e. The van der Waals surface area contributed by atoms with E-state index in [-0.39, 0.29) is 6.04 Å². The van der Waals surface area contributed by atoms with Gasteiger partial charge in [0.05, 0.1) is 12.1 Å². The van der Waals surface area contributed by atoms with Crippen molar-refractivity contribution in [2.45, 2.75) is 44.7 Å². The fourth-order valence-electron chi connectivity index (χ4n) is 2.00. The Hall–Kier alpha value is -1.10. The first-order valence-electron chi connectivity index (χ1n) is 5.75. The summed E-state index contributed by atoms with van der Waals surface area (Å²) in [4.78, 5) is 8.73. The molecule has 1 fully saturated rings. The smallest absolute Gasteiger partial charge is 0.189 e. The number of thiazole rings is 1. The van der Waals surface area contributed by atoms with Crippen molar-refractivity contribution in [2.24, 2.45) is 10.7 Å². The van der Waals surface area contributed by atoms with Gasteiger partial charge in [0, 0.05) is 11.6 Å². The molecule has 1 aromatic rings. The first kappa shape index (κ1) is 11.4. The van der Waals surface area contributed by atoms with Crippen LogP contribution >= 0.6 is 11.3 Å². The molecule has 1 aliphatic carbocycles. The lowest BCUT2D eigenvalue weighted by atomic mass is 10.3. The zero-order chi connectivity index (χ0) is 11.4. The predicted octanol–water partition coefficient (Wildman–Crippen LogP) is 2.05. The molecule has 0 saturated heterocycles. The number of hydrogen-bond acceptors (Lipinski definition) is 3. The van der Waals surface area contributed by atoms with Crippen molar-refractivity contribution in [3.63, 3.8) is 0 Å². The highest BCUT2D eigenvalue weighted by Gasteiger charge is 2.15. The van der Waals surface area contributed by atoms with Crippen LogP contribution in [0.1, 0.15) is 43.7 Å². The number of aliphatic imine (C=N–C) groups is 1. The minimum absolute atomic E-state index is 0.144. The van der Waals surface area contributed by atoms with Crippen molar-refractivity contribution in [1.82, 2.24) is 10.3 Å². The number of rotatable bonds is 3. The molecule has 1 aromatic heterocycles. The van der Waals surface area contributed by atoms with E-state index in [0.29, 0.717) is 12.0 Å². The number of nitrogens with zero attached hydrogens (tertiary/aromatic N) is 2. The van der Waals surface area contributed by atoms with E-state index in [0.717, 1.165) is 5.01 Å². The highest BCUT2D eigenvalue weighted by molar-refractivity contribution is 7.09. The first-order chi connectivity index (χ1) is 7.75. The topological polar surface area (TPSA) is 63.3 Å². The molecule has 0 spiro atoms. The summed E-state index contributed by atoms with van der Waals surface area (Å²) in [5, 5.41) is 6.20. The van der Waals surface area contributed by atoms with E-state index in [9.17, 15) is 0 Å². The summed E-state index contributed by atoms with van der Waals surface area (Å²) in [6.07, 6.45) is 6.72. The highest BCUT2D eigenvalue weighted by atomic mass is 32.1. The van der Waals surface area contributed by atoms with Crippen LogP contribution in [-0.2, 0) is 0 Å². The molecule has 1 unspecified atom stereocenters. The summed E-state index contributed by atoms with van der Waals surface area (Å²) in [5.74, 6) is 0.551. The second kappa shape index (κ2) is 5.30. The van der Waals surface area contributed by atoms with E-state index in [4.69, 9.17) is 5.73 Å². The third-order valence-corrected chi connectivity index (χ3v) is 3.79. The Labute approximate surface area is 100.0 Å². The number of nitrogens with two attached hydrogens (primary N) is 1. The molecule has 4 nitrogen and oxygen atoms in total. The quantitative estimate of drug-likeness (QED) is 0.626. The van der Waals surface area contributed by atoms with Crippen molar-refractivity contribution in [3.05, 3.63) is 16.6 Å². The molecule has 1 saturated carbocycles. The molecular formula is C11H18N4S. The average Bonchev–Trinajstić information content (AvgIpc) is 2.88. The SMILES string of the molecule is CC(NC(N)=NC1CCCC1)c1nccs1. The Balaban J connectivity index is 1.88. The van der Waals surface area contributed by atoms with Crippen LogP contribution in [0.5, 0.6) is 0 Å². The molecule has 5 heteroatoms. The maximum absolute atomic E-state index is 5.88. The van der Waals surface area contributed by atoms with E-state index in [1.807, 2.05) is 11.6 Å². The van der Waals surface area contributed by atoms with Crippen LogP contribution in [0, 0.1) is 0 Å². The fraction of sp³-hybridized carbons (Fsp3) is 0.636. The molecule has 0 aliphatic heterocycles. The third-order valence-electron chi connectivity index (χ3n) is 2.83. The summed E-state index contributed by atoms with van der Waals surface area (Å²) in [6.45, 7) is 2.05. The van der Waals surface area contributed by atoms with Gasteiger partial charge in [0.25, 0.3) is 0 Å². The molecule has 88 valence electrons. The van der Waals surface area contributed by atoms with E-state index < -0.39 is 0 Å². The molecular weight excluding hydrogens is 220 g/mol. The van der Waals surface area contributed by atoms with Crippen LogP contribution in [0.2, 0.25) is 0 Å². The van der Waals surface area contributed by atoms with E-state index in [1.165, 1.54) is 25.7 Å². The molecule has 0 bridgehead atoms. The normalized spacial score (nSPS) is 19.9. The Morgan fingerprint density at radius 3 is 3.00 bits per heavy atom. The van der Waals surface area contributed by atoms with Gasteiger partial charge < -0.3 is 11.1 Å². The molecule has 1 atom stereocenters. The maximum Gasteiger partial charge on any atom is 0.189 e. The van der Waals surface area contributed by atoms with Gasteiger partial charge in [0.2, 0.25) is 0 Å². The van der Waals surface area contributed by atoms with Crippen LogP contribution in [0.25, 0.3) is 0 Å². The average molecular weight is 238 g/mol. The molecule has 0 radical (unpaired) electrons. The second-order valence-corrected chi connectivity index (χ2v) is 5.12. The standard InChI is InChI=1S/C11H18N4S/c1-8(10-13-6-7-16-10)14-11(12)15-9-4-2-3-5-9/h6-9H,2-5H2,1H3,(H3,12,14,15). The van der Waals surface area contributed by atoms with Gasteiger partial charge >= 0.3 is 0 Å². The van der Waals surface area contributed by atoms with Gasteiger partial charge in [-0.25, -0.2) is 4.98 Å². The van der Waals surface area contributed by atoms with Gasteiger partial charge in [0.15, 0.2) is 5.96 Å². The maximum atomic E-state index is 5.88. The lowest BCUT2D eigenvalue weighted by Gasteiger charge is -2.13. The number of guanidine groups is 1. The zero-order valence-electron chi connectivity index (χ0n) is 9.52. The molecule has 1 heterocycles. The summed E-state index contributed by atoms with van der Waals surface area (Å²) in [7, 11) is 0. The van der Waals surface area contributed by atoms with Crippen LogP contribution in [0.3, 0.4) is 0 Å². The number of nitrogens with one attached hydrogen (secondary N) is 1. The fourth-order valence-corrected chi connectivity index (χ4v) is 2.65. The minimum atomic E-state index is 0.144. The summed E-state index contributed by atoms with van der Waals surface area (Å²) < 4.78 is 0. The molecule has 16 heavy (non-hydrogen) atoms. The third kappa shape index (κ3) is 2.95. The monoisotopic (exact) mass is 238 g/mol. The van der Waals surface area contributed by atoms with Gasteiger partial charge in [-0.2, -0.15) is 0 Å². The van der Waals surface area contributed by atoms with E-state index in [2.05, 4.69) is 22.2 Å². The van der Waals surface area contributed by atoms with Crippen LogP contribution < -0.4 is 11.1 Å². The molecule has 0 aromatic carbocycles. The highest BCUT2D eigenvalue weighted by Crippen LogP contribution is 2.21. The summed E-state index contributed by atoms with van der Waals surface area (Å²) >= 11 is 1.63. The molecule has 2 rings (SSSR count). The van der Waals surface area contributed by atoms with Gasteiger partial charge in [0.1, 0.15) is 5.01 Å². The summed E-state index contributed by atoms with van der Waals surface area (Å²) in [5.41, 5.74) is 5.88. The van der Waals surface area contributed by atoms with Crippen molar-refractivity contribution in [1.29, 1.82) is 0 Å². The molecule has 3 N–H and O–H groups in total. The van der Waals surface area contributed by atoms with Gasteiger partial charge in [-0.15, -0.1) is 11.3 Å². The van der Waals surface area contributed by atoms with Gasteiger partial charge in [-0.3, -0.25) is 4.99 Å². The Bertz CT molecular complexity index is 341. The van der Waals surface area contributed by atoms with Gasteiger partial charge in [-0.1, -0.05) is 12.8 Å². The lowest BCUT2D eigenvalue weighted by Crippen LogP contribution is -2.34. The Morgan fingerprint density at radius 1 is 1.62 bits per heavy atom. The first-order valence-corrected chi connectivity index (χ1v) is 6.63. The minimum Gasteiger partial charge on any atom is -0.370 e. The lowest BCUT2D eigenvalue weighted by molar-refractivity contribution is 0.667. The molecule has 1 aliphatic rings. The van der Waals surface area contributed by atoms with Crippen molar-refractivity contribution < 1.29 is 0 Å².